The molecule has 0 unspecified atom stereocenters. The van der Waals surface area contributed by atoms with Crippen LogP contribution in [0.2, 0.25) is 0 Å². The Bertz CT molecular complexity index is 1010. The first-order valence-electron chi connectivity index (χ1n) is 10.1. The Morgan fingerprint density at radius 3 is 2.77 bits per heavy atom. The lowest BCUT2D eigenvalue weighted by atomic mass is 10.1. The summed E-state index contributed by atoms with van der Waals surface area (Å²) in [5.41, 5.74) is 2.96. The van der Waals surface area contributed by atoms with Crippen molar-refractivity contribution in [2.24, 2.45) is 0 Å². The number of anilines is 4. The third kappa shape index (κ3) is 5.35. The Labute approximate surface area is 183 Å². The van der Waals surface area contributed by atoms with E-state index in [0.717, 1.165) is 33.7 Å². The molecule has 156 valence electrons. The molecule has 1 aliphatic rings. The second-order valence-corrected chi connectivity index (χ2v) is 8.20. The SMILES string of the molecule is CCCNC(=O)Cc1ccc(Nc2ncc(Br)c(Nc3cc(C4CC4)[nH]n3)n2)cc1. The molecular formula is C21H24BrN7O. The van der Waals surface area contributed by atoms with Crippen molar-refractivity contribution in [2.45, 2.75) is 38.5 Å². The molecule has 1 saturated carbocycles. The zero-order chi connectivity index (χ0) is 20.9. The molecule has 9 heteroatoms. The lowest BCUT2D eigenvalue weighted by Crippen LogP contribution is -2.25. The average Bonchev–Trinajstić information content (AvgIpc) is 3.49. The van der Waals surface area contributed by atoms with Gasteiger partial charge in [-0.15, -0.1) is 0 Å². The molecule has 4 rings (SSSR count). The summed E-state index contributed by atoms with van der Waals surface area (Å²) in [5, 5.41) is 16.7. The van der Waals surface area contributed by atoms with Crippen LogP contribution >= 0.6 is 15.9 Å². The van der Waals surface area contributed by atoms with Gasteiger partial charge in [0.1, 0.15) is 0 Å². The number of amides is 1. The summed E-state index contributed by atoms with van der Waals surface area (Å²) in [5.74, 6) is 2.47. The van der Waals surface area contributed by atoms with E-state index in [1.807, 2.05) is 37.3 Å². The standard InChI is InChI=1S/C21H24BrN7O/c1-2-9-23-19(30)10-13-3-7-15(8-4-13)25-21-24-12-16(22)20(27-21)26-18-11-17(28-29-18)14-5-6-14/h3-4,7-8,11-12,14H,2,5-6,9-10H2,1H3,(H,23,30)(H3,24,25,26,27,28,29). The first kappa shape index (κ1) is 20.3. The van der Waals surface area contributed by atoms with Crippen LogP contribution in [0.1, 0.15) is 43.4 Å². The number of carbonyl (C=O) groups is 1. The number of aromatic amines is 1. The van der Waals surface area contributed by atoms with E-state index in [2.05, 4.69) is 52.0 Å². The average molecular weight is 470 g/mol. The second kappa shape index (κ2) is 9.25. The summed E-state index contributed by atoms with van der Waals surface area (Å²) in [6.07, 6.45) is 5.43. The lowest BCUT2D eigenvalue weighted by Gasteiger charge is -2.09. The molecule has 0 spiro atoms. The monoisotopic (exact) mass is 469 g/mol. The van der Waals surface area contributed by atoms with Gasteiger partial charge in [0.15, 0.2) is 11.6 Å². The molecule has 0 aliphatic heterocycles. The highest BCUT2D eigenvalue weighted by Gasteiger charge is 2.25. The van der Waals surface area contributed by atoms with Crippen LogP contribution in [-0.4, -0.2) is 32.6 Å². The van der Waals surface area contributed by atoms with Gasteiger partial charge in [0.25, 0.3) is 0 Å². The van der Waals surface area contributed by atoms with E-state index in [9.17, 15) is 4.79 Å². The Balaban J connectivity index is 1.39. The van der Waals surface area contributed by atoms with Crippen LogP contribution < -0.4 is 16.0 Å². The zero-order valence-electron chi connectivity index (χ0n) is 16.7. The summed E-state index contributed by atoms with van der Waals surface area (Å²) in [6, 6.07) is 9.70. The van der Waals surface area contributed by atoms with Crippen molar-refractivity contribution in [1.29, 1.82) is 0 Å². The van der Waals surface area contributed by atoms with Crippen LogP contribution in [0.5, 0.6) is 0 Å². The smallest absolute Gasteiger partial charge is 0.229 e. The van der Waals surface area contributed by atoms with Gasteiger partial charge >= 0.3 is 0 Å². The zero-order valence-corrected chi connectivity index (χ0v) is 18.3. The third-order valence-electron chi connectivity index (χ3n) is 4.75. The topological polar surface area (TPSA) is 108 Å². The normalized spacial score (nSPS) is 13.1. The summed E-state index contributed by atoms with van der Waals surface area (Å²) >= 11 is 3.48. The minimum Gasteiger partial charge on any atom is -0.356 e. The van der Waals surface area contributed by atoms with Crippen molar-refractivity contribution in [3.05, 3.63) is 52.3 Å². The van der Waals surface area contributed by atoms with Gasteiger partial charge in [-0.25, -0.2) is 4.98 Å². The number of aromatic nitrogens is 4. The van der Waals surface area contributed by atoms with Crippen LogP contribution in [0, 0.1) is 0 Å². The summed E-state index contributed by atoms with van der Waals surface area (Å²) in [4.78, 5) is 20.7. The quantitative estimate of drug-likeness (QED) is 0.370. The first-order chi connectivity index (χ1) is 14.6. The van der Waals surface area contributed by atoms with Gasteiger partial charge in [-0.3, -0.25) is 9.89 Å². The van der Waals surface area contributed by atoms with Crippen molar-refractivity contribution in [2.75, 3.05) is 17.2 Å². The van der Waals surface area contributed by atoms with Crippen LogP contribution in [0.15, 0.2) is 41.0 Å². The lowest BCUT2D eigenvalue weighted by molar-refractivity contribution is -0.120. The van der Waals surface area contributed by atoms with Crippen molar-refractivity contribution in [1.82, 2.24) is 25.5 Å². The van der Waals surface area contributed by atoms with Gasteiger partial charge in [0.2, 0.25) is 11.9 Å². The maximum Gasteiger partial charge on any atom is 0.229 e. The van der Waals surface area contributed by atoms with E-state index in [0.29, 0.717) is 30.6 Å². The number of rotatable bonds is 9. The van der Waals surface area contributed by atoms with Crippen LogP contribution in [0.25, 0.3) is 0 Å². The first-order valence-corrected chi connectivity index (χ1v) is 10.9. The Kier molecular flexibility index (Phi) is 6.27. The number of hydrogen-bond acceptors (Lipinski definition) is 6. The molecule has 0 saturated heterocycles. The van der Waals surface area contributed by atoms with Crippen molar-refractivity contribution < 1.29 is 4.79 Å². The maximum absolute atomic E-state index is 11.8. The van der Waals surface area contributed by atoms with E-state index in [4.69, 9.17) is 0 Å². The Hall–Kier alpha value is -2.94. The second-order valence-electron chi connectivity index (χ2n) is 7.35. The highest BCUT2D eigenvalue weighted by atomic mass is 79.9. The summed E-state index contributed by atoms with van der Waals surface area (Å²) < 4.78 is 0.748. The molecule has 1 amide bonds. The van der Waals surface area contributed by atoms with Crippen LogP contribution in [0.4, 0.5) is 23.3 Å². The van der Waals surface area contributed by atoms with Crippen LogP contribution in [-0.2, 0) is 11.2 Å². The molecule has 4 N–H and O–H groups in total. The number of carbonyl (C=O) groups excluding carboxylic acids is 1. The summed E-state index contributed by atoms with van der Waals surface area (Å²) in [6.45, 7) is 2.74. The largest absolute Gasteiger partial charge is 0.356 e. The van der Waals surface area contributed by atoms with E-state index in [1.54, 1.807) is 6.20 Å². The molecule has 1 fully saturated rings. The van der Waals surface area contributed by atoms with Crippen molar-refractivity contribution in [3.8, 4) is 0 Å². The molecule has 8 nitrogen and oxygen atoms in total. The molecular weight excluding hydrogens is 446 g/mol. The van der Waals surface area contributed by atoms with Gasteiger partial charge < -0.3 is 16.0 Å². The molecule has 1 aliphatic carbocycles. The van der Waals surface area contributed by atoms with E-state index in [1.165, 1.54) is 12.8 Å². The number of H-pyrrole nitrogens is 1. The van der Waals surface area contributed by atoms with Crippen molar-refractivity contribution >= 4 is 45.1 Å². The minimum atomic E-state index is 0.0349. The molecule has 2 heterocycles. The minimum absolute atomic E-state index is 0.0349. The fraction of sp³-hybridized carbons (Fsp3) is 0.333. The Morgan fingerprint density at radius 1 is 1.23 bits per heavy atom. The van der Waals surface area contributed by atoms with Gasteiger partial charge in [-0.05, 0) is 52.9 Å². The number of hydrogen-bond donors (Lipinski definition) is 4. The molecule has 0 atom stereocenters. The predicted molar refractivity (Wildman–Crippen MR) is 120 cm³/mol. The number of halogens is 1. The molecule has 2 aromatic heterocycles. The molecule has 1 aromatic carbocycles. The van der Waals surface area contributed by atoms with Gasteiger partial charge in [0, 0.05) is 36.1 Å². The van der Waals surface area contributed by atoms with Gasteiger partial charge in [0.05, 0.1) is 10.9 Å². The van der Waals surface area contributed by atoms with Crippen molar-refractivity contribution in [3.63, 3.8) is 0 Å². The molecule has 30 heavy (non-hydrogen) atoms. The third-order valence-corrected chi connectivity index (χ3v) is 5.33. The number of nitrogens with zero attached hydrogens (tertiary/aromatic N) is 3. The van der Waals surface area contributed by atoms with Gasteiger partial charge in [-0.1, -0.05) is 19.1 Å². The summed E-state index contributed by atoms with van der Waals surface area (Å²) in [7, 11) is 0. The highest BCUT2D eigenvalue weighted by Crippen LogP contribution is 2.39. The van der Waals surface area contributed by atoms with E-state index >= 15 is 0 Å². The fourth-order valence-electron chi connectivity index (χ4n) is 2.99. The maximum atomic E-state index is 11.8. The highest BCUT2D eigenvalue weighted by molar-refractivity contribution is 9.10. The molecule has 3 aromatic rings. The Morgan fingerprint density at radius 2 is 2.03 bits per heavy atom. The van der Waals surface area contributed by atoms with Gasteiger partial charge in [-0.2, -0.15) is 10.1 Å². The molecule has 0 radical (unpaired) electrons. The number of nitrogens with one attached hydrogen (secondary N) is 4. The number of benzene rings is 1. The predicted octanol–water partition coefficient (Wildman–Crippen LogP) is 4.40. The van der Waals surface area contributed by atoms with Crippen LogP contribution in [0.3, 0.4) is 0 Å². The van der Waals surface area contributed by atoms with E-state index < -0.39 is 0 Å². The molecule has 0 bridgehead atoms. The van der Waals surface area contributed by atoms with E-state index in [-0.39, 0.29) is 5.91 Å². The fourth-order valence-corrected chi connectivity index (χ4v) is 3.28.